The first kappa shape index (κ1) is 25.9. The zero-order valence-electron chi connectivity index (χ0n) is 21.8. The molecule has 3 aromatic rings. The van der Waals surface area contributed by atoms with Gasteiger partial charge in [-0.15, -0.1) is 0 Å². The molecule has 1 saturated heterocycles. The van der Waals surface area contributed by atoms with Crippen molar-refractivity contribution < 1.29 is 9.59 Å². The number of amides is 2. The minimum atomic E-state index is -0.0654. The molecule has 5 rings (SSSR count). The molecule has 8 heteroatoms. The van der Waals surface area contributed by atoms with Crippen LogP contribution in [-0.4, -0.2) is 70.9 Å². The van der Waals surface area contributed by atoms with Gasteiger partial charge in [0.25, 0.3) is 11.8 Å². The molecule has 1 unspecified atom stereocenters. The van der Waals surface area contributed by atoms with E-state index in [9.17, 15) is 9.59 Å². The van der Waals surface area contributed by atoms with Crippen molar-refractivity contribution in [2.24, 2.45) is 0 Å². The first-order chi connectivity index (χ1) is 18.5. The Balaban J connectivity index is 1.27. The van der Waals surface area contributed by atoms with Gasteiger partial charge in [0, 0.05) is 61.8 Å². The van der Waals surface area contributed by atoms with E-state index in [1.54, 1.807) is 0 Å². The molecule has 0 aliphatic carbocycles. The van der Waals surface area contributed by atoms with Crippen LogP contribution in [0.2, 0.25) is 0 Å². The Bertz CT molecular complexity index is 1330. The van der Waals surface area contributed by atoms with Crippen molar-refractivity contribution >= 4 is 40.5 Å². The van der Waals surface area contributed by atoms with E-state index in [0.29, 0.717) is 23.8 Å². The number of carbonyl (C=O) groups excluding carboxylic acids is 2. The van der Waals surface area contributed by atoms with Crippen LogP contribution in [0.25, 0.3) is 0 Å². The van der Waals surface area contributed by atoms with Crippen molar-refractivity contribution in [1.82, 2.24) is 14.7 Å². The third kappa shape index (κ3) is 5.14. The zero-order chi connectivity index (χ0) is 26.6. The van der Waals surface area contributed by atoms with Gasteiger partial charge in [0.15, 0.2) is 5.11 Å². The van der Waals surface area contributed by atoms with Gasteiger partial charge in [0.2, 0.25) is 0 Å². The van der Waals surface area contributed by atoms with Crippen molar-refractivity contribution in [3.05, 3.63) is 95.1 Å². The molecule has 3 aromatic carbocycles. The van der Waals surface area contributed by atoms with Gasteiger partial charge in [-0.25, -0.2) is 0 Å². The molecule has 0 saturated carbocycles. The maximum Gasteiger partial charge on any atom is 0.256 e. The predicted octanol–water partition coefficient (Wildman–Crippen LogP) is 4.84. The minimum Gasteiger partial charge on any atom is -0.346 e. The molecule has 0 bridgehead atoms. The highest BCUT2D eigenvalue weighted by Crippen LogP contribution is 2.38. The van der Waals surface area contributed by atoms with Gasteiger partial charge in [-0.2, -0.15) is 0 Å². The molecule has 7 nitrogen and oxygen atoms in total. The SMILES string of the molecule is CCN(CC)C(=O)c1ccc(NC(=S)N2CCN(C3c4ccccc4NC(=O)c4ccccc43)CC2)cc1. The van der Waals surface area contributed by atoms with E-state index in [0.717, 1.165) is 54.2 Å². The van der Waals surface area contributed by atoms with Gasteiger partial charge in [-0.1, -0.05) is 36.4 Å². The maximum absolute atomic E-state index is 12.9. The second-order valence-corrected chi connectivity index (χ2v) is 9.93. The van der Waals surface area contributed by atoms with E-state index >= 15 is 0 Å². The highest BCUT2D eigenvalue weighted by Gasteiger charge is 2.33. The lowest BCUT2D eigenvalue weighted by atomic mass is 9.93. The Labute approximate surface area is 229 Å². The molecule has 1 atom stereocenters. The number of hydrogen-bond acceptors (Lipinski definition) is 4. The third-order valence-electron chi connectivity index (χ3n) is 7.40. The molecule has 1 fully saturated rings. The smallest absolute Gasteiger partial charge is 0.256 e. The first-order valence-electron chi connectivity index (χ1n) is 13.2. The lowest BCUT2D eigenvalue weighted by molar-refractivity contribution is 0.0773. The van der Waals surface area contributed by atoms with Crippen LogP contribution in [0, 0.1) is 0 Å². The molecule has 196 valence electrons. The van der Waals surface area contributed by atoms with Gasteiger partial charge < -0.3 is 20.4 Å². The zero-order valence-corrected chi connectivity index (χ0v) is 22.6. The number of hydrogen-bond donors (Lipinski definition) is 2. The van der Waals surface area contributed by atoms with Crippen molar-refractivity contribution in [1.29, 1.82) is 0 Å². The Kier molecular flexibility index (Phi) is 7.72. The van der Waals surface area contributed by atoms with Crippen molar-refractivity contribution in [3.8, 4) is 0 Å². The summed E-state index contributed by atoms with van der Waals surface area (Å²) in [6, 6.07) is 23.4. The highest BCUT2D eigenvalue weighted by molar-refractivity contribution is 7.80. The Morgan fingerprint density at radius 3 is 2.24 bits per heavy atom. The Hall–Kier alpha value is -3.75. The van der Waals surface area contributed by atoms with Gasteiger partial charge in [-0.3, -0.25) is 14.5 Å². The number of piperazine rings is 1. The average Bonchev–Trinajstić information content (AvgIpc) is 3.08. The van der Waals surface area contributed by atoms with Crippen LogP contribution in [0.3, 0.4) is 0 Å². The summed E-state index contributed by atoms with van der Waals surface area (Å²) in [7, 11) is 0. The molecule has 38 heavy (non-hydrogen) atoms. The summed E-state index contributed by atoms with van der Waals surface area (Å²) in [6.07, 6.45) is 0. The molecular formula is C30H33N5O2S. The van der Waals surface area contributed by atoms with Gasteiger partial charge in [0.1, 0.15) is 0 Å². The van der Waals surface area contributed by atoms with Crippen molar-refractivity contribution in [2.45, 2.75) is 19.9 Å². The average molecular weight is 528 g/mol. The molecule has 0 spiro atoms. The van der Waals surface area contributed by atoms with Crippen molar-refractivity contribution in [2.75, 3.05) is 49.9 Å². The predicted molar refractivity (Wildman–Crippen MR) is 156 cm³/mol. The Morgan fingerprint density at radius 2 is 1.55 bits per heavy atom. The fourth-order valence-electron chi connectivity index (χ4n) is 5.32. The van der Waals surface area contributed by atoms with Gasteiger partial charge in [-0.05, 0) is 73.6 Å². The maximum atomic E-state index is 12.9. The third-order valence-corrected chi connectivity index (χ3v) is 7.76. The number of rotatable bonds is 5. The second kappa shape index (κ2) is 11.3. The number of benzene rings is 3. The van der Waals surface area contributed by atoms with Crippen molar-refractivity contribution in [3.63, 3.8) is 0 Å². The van der Waals surface area contributed by atoms with E-state index in [2.05, 4.69) is 32.6 Å². The fourth-order valence-corrected chi connectivity index (χ4v) is 5.62. The molecule has 2 N–H and O–H groups in total. The quantitative estimate of drug-likeness (QED) is 0.463. The second-order valence-electron chi connectivity index (χ2n) is 9.54. The van der Waals surface area contributed by atoms with Gasteiger partial charge >= 0.3 is 0 Å². The van der Waals surface area contributed by atoms with E-state index in [-0.39, 0.29) is 17.9 Å². The summed E-state index contributed by atoms with van der Waals surface area (Å²) >= 11 is 5.74. The molecule has 2 amide bonds. The molecule has 2 aliphatic rings. The lowest BCUT2D eigenvalue weighted by Gasteiger charge is -2.40. The summed E-state index contributed by atoms with van der Waals surface area (Å²) in [5.74, 6) is -0.0248. The van der Waals surface area contributed by atoms with E-state index in [4.69, 9.17) is 12.2 Å². The number of nitrogens with one attached hydrogen (secondary N) is 2. The van der Waals surface area contributed by atoms with Crippen LogP contribution < -0.4 is 10.6 Å². The lowest BCUT2D eigenvalue weighted by Crippen LogP contribution is -2.51. The first-order valence-corrected chi connectivity index (χ1v) is 13.6. The normalized spacial score (nSPS) is 17.1. The molecular weight excluding hydrogens is 494 g/mol. The monoisotopic (exact) mass is 527 g/mol. The van der Waals surface area contributed by atoms with Crippen LogP contribution in [0.4, 0.5) is 11.4 Å². The highest BCUT2D eigenvalue weighted by atomic mass is 32.1. The van der Waals surface area contributed by atoms with Crippen LogP contribution in [0.15, 0.2) is 72.8 Å². The number of fused-ring (bicyclic) bond motifs is 2. The van der Waals surface area contributed by atoms with Gasteiger partial charge in [0.05, 0.1) is 6.04 Å². The Morgan fingerprint density at radius 1 is 0.921 bits per heavy atom. The minimum absolute atomic E-state index is 0.0130. The topological polar surface area (TPSA) is 67.9 Å². The summed E-state index contributed by atoms with van der Waals surface area (Å²) in [5, 5.41) is 7.10. The molecule has 0 aromatic heterocycles. The summed E-state index contributed by atoms with van der Waals surface area (Å²) < 4.78 is 0. The summed E-state index contributed by atoms with van der Waals surface area (Å²) in [5.41, 5.74) is 5.26. The standard InChI is InChI=1S/C30H33N5O2S/c1-3-33(4-2)29(37)21-13-15-22(16-14-21)31-30(38)35-19-17-34(18-20-35)27-23-9-5-6-10-24(23)28(36)32-26-12-8-7-11-25(26)27/h5-16,27H,3-4,17-20H2,1-2H3,(H,31,38)(H,32,36). The van der Waals surface area contributed by atoms with E-state index in [1.807, 2.05) is 79.4 Å². The van der Waals surface area contributed by atoms with Crippen LogP contribution >= 0.6 is 12.2 Å². The number of thiocarbonyl (C=S) groups is 1. The number of carbonyl (C=O) groups is 2. The fraction of sp³-hybridized carbons (Fsp3) is 0.300. The molecule has 0 radical (unpaired) electrons. The summed E-state index contributed by atoms with van der Waals surface area (Å²) in [6.45, 7) is 8.51. The van der Waals surface area contributed by atoms with E-state index < -0.39 is 0 Å². The van der Waals surface area contributed by atoms with Crippen LogP contribution in [-0.2, 0) is 0 Å². The number of anilines is 2. The number of para-hydroxylation sites is 1. The number of nitrogens with zero attached hydrogens (tertiary/aromatic N) is 3. The summed E-state index contributed by atoms with van der Waals surface area (Å²) in [4.78, 5) is 32.0. The van der Waals surface area contributed by atoms with Crippen LogP contribution in [0.5, 0.6) is 0 Å². The molecule has 2 heterocycles. The largest absolute Gasteiger partial charge is 0.346 e. The van der Waals surface area contributed by atoms with Crippen LogP contribution in [0.1, 0.15) is 51.7 Å². The van der Waals surface area contributed by atoms with E-state index in [1.165, 1.54) is 0 Å². The molecule has 2 aliphatic heterocycles.